The summed E-state index contributed by atoms with van der Waals surface area (Å²) in [7, 11) is -1.37. The molecule has 0 aliphatic carbocycles. The summed E-state index contributed by atoms with van der Waals surface area (Å²) in [4.78, 5) is 13.6. The van der Waals surface area contributed by atoms with Crippen molar-refractivity contribution in [3.8, 4) is 6.01 Å². The average molecular weight is 290 g/mol. The minimum absolute atomic E-state index is 0.00450. The molecule has 1 heterocycles. The van der Waals surface area contributed by atoms with Crippen LogP contribution in [0.25, 0.3) is 0 Å². The second-order valence-corrected chi connectivity index (χ2v) is 6.13. The quantitative estimate of drug-likeness (QED) is 0.482. The van der Waals surface area contributed by atoms with Crippen molar-refractivity contribution < 1.29 is 13.2 Å². The first-order valence-electron chi connectivity index (χ1n) is 5.60. The molecule has 0 aliphatic rings. The Morgan fingerprint density at radius 2 is 2.05 bits per heavy atom. The van der Waals surface area contributed by atoms with Crippen LogP contribution in [-0.4, -0.2) is 55.6 Å². The van der Waals surface area contributed by atoms with Crippen molar-refractivity contribution in [1.82, 2.24) is 15.0 Å². The SMILES string of the molecule is CCOc1nc(NN)nc(N(C)CCS(C)(=O)=O)n1. The maximum absolute atomic E-state index is 11.1. The lowest BCUT2D eigenvalue weighted by atomic mass is 10.6. The van der Waals surface area contributed by atoms with Crippen LogP contribution in [-0.2, 0) is 9.84 Å². The molecule has 0 saturated carbocycles. The highest BCUT2D eigenvalue weighted by molar-refractivity contribution is 7.90. The van der Waals surface area contributed by atoms with Crippen molar-refractivity contribution in [1.29, 1.82) is 0 Å². The van der Waals surface area contributed by atoms with Crippen LogP contribution in [0.5, 0.6) is 6.01 Å². The molecule has 19 heavy (non-hydrogen) atoms. The van der Waals surface area contributed by atoms with Gasteiger partial charge in [0.1, 0.15) is 9.84 Å². The van der Waals surface area contributed by atoms with Crippen molar-refractivity contribution in [3.63, 3.8) is 0 Å². The van der Waals surface area contributed by atoms with Crippen molar-refractivity contribution in [3.05, 3.63) is 0 Å². The Bertz CT molecular complexity index is 521. The first kappa shape index (κ1) is 15.4. The molecule has 0 atom stereocenters. The molecular formula is C9H18N6O3S. The summed E-state index contributed by atoms with van der Waals surface area (Å²) in [5, 5.41) is 0. The van der Waals surface area contributed by atoms with Crippen LogP contribution >= 0.6 is 0 Å². The largest absolute Gasteiger partial charge is 0.464 e. The monoisotopic (exact) mass is 290 g/mol. The van der Waals surface area contributed by atoms with Crippen molar-refractivity contribution >= 4 is 21.7 Å². The van der Waals surface area contributed by atoms with E-state index in [1.807, 2.05) is 0 Å². The van der Waals surface area contributed by atoms with Crippen LogP contribution in [0.1, 0.15) is 6.92 Å². The molecular weight excluding hydrogens is 272 g/mol. The predicted octanol–water partition coefficient (Wildman–Crippen LogP) is -0.963. The molecule has 0 fully saturated rings. The van der Waals surface area contributed by atoms with Crippen LogP contribution in [0.15, 0.2) is 0 Å². The molecule has 0 amide bonds. The number of hydrogen-bond acceptors (Lipinski definition) is 9. The number of ether oxygens (including phenoxy) is 1. The van der Waals surface area contributed by atoms with E-state index in [2.05, 4.69) is 20.4 Å². The van der Waals surface area contributed by atoms with E-state index in [9.17, 15) is 8.42 Å². The standard InChI is InChI=1S/C9H18N6O3S/c1-4-18-9-12-7(14-10)11-8(13-9)15(2)5-6-19(3,16)17/h4-6,10H2,1-3H3,(H,11,12,13,14). The molecule has 0 bridgehead atoms. The van der Waals surface area contributed by atoms with Gasteiger partial charge >= 0.3 is 6.01 Å². The number of nitrogens with two attached hydrogens (primary N) is 1. The summed E-state index contributed by atoms with van der Waals surface area (Å²) < 4.78 is 27.4. The number of aromatic nitrogens is 3. The third kappa shape index (κ3) is 5.22. The van der Waals surface area contributed by atoms with Gasteiger partial charge in [0.2, 0.25) is 11.9 Å². The molecule has 1 rings (SSSR count). The molecule has 1 aromatic heterocycles. The van der Waals surface area contributed by atoms with Gasteiger partial charge in [0.25, 0.3) is 0 Å². The van der Waals surface area contributed by atoms with Gasteiger partial charge in [-0.3, -0.25) is 5.43 Å². The molecule has 9 nitrogen and oxygen atoms in total. The maximum atomic E-state index is 11.1. The van der Waals surface area contributed by atoms with E-state index >= 15 is 0 Å². The Morgan fingerprint density at radius 1 is 1.37 bits per heavy atom. The van der Waals surface area contributed by atoms with E-state index in [1.54, 1.807) is 18.9 Å². The number of nitrogen functional groups attached to an aromatic ring is 1. The zero-order valence-corrected chi connectivity index (χ0v) is 11.9. The highest BCUT2D eigenvalue weighted by Gasteiger charge is 2.12. The number of anilines is 2. The van der Waals surface area contributed by atoms with Crippen molar-refractivity contribution in [2.75, 3.05) is 42.5 Å². The third-order valence-corrected chi connectivity index (χ3v) is 3.07. The Balaban J connectivity index is 2.88. The summed E-state index contributed by atoms with van der Waals surface area (Å²) >= 11 is 0. The zero-order valence-electron chi connectivity index (χ0n) is 11.1. The fourth-order valence-electron chi connectivity index (χ4n) is 1.18. The second kappa shape index (κ2) is 6.48. The molecule has 0 aliphatic heterocycles. The van der Waals surface area contributed by atoms with E-state index in [4.69, 9.17) is 10.6 Å². The van der Waals surface area contributed by atoms with Crippen LogP contribution in [0.2, 0.25) is 0 Å². The van der Waals surface area contributed by atoms with E-state index in [1.165, 1.54) is 6.26 Å². The predicted molar refractivity (Wildman–Crippen MR) is 71.8 cm³/mol. The Kier molecular flexibility index (Phi) is 5.24. The highest BCUT2D eigenvalue weighted by Crippen LogP contribution is 2.13. The van der Waals surface area contributed by atoms with Crippen LogP contribution in [0.3, 0.4) is 0 Å². The van der Waals surface area contributed by atoms with Gasteiger partial charge < -0.3 is 9.64 Å². The second-order valence-electron chi connectivity index (χ2n) is 3.87. The molecule has 0 aromatic carbocycles. The number of nitrogens with zero attached hydrogens (tertiary/aromatic N) is 4. The van der Waals surface area contributed by atoms with Gasteiger partial charge in [0.05, 0.1) is 12.4 Å². The summed E-state index contributed by atoms with van der Waals surface area (Å²) in [6.45, 7) is 2.46. The number of sulfone groups is 1. The highest BCUT2D eigenvalue weighted by atomic mass is 32.2. The van der Waals surface area contributed by atoms with E-state index in [0.29, 0.717) is 6.61 Å². The van der Waals surface area contributed by atoms with E-state index in [0.717, 1.165) is 0 Å². The van der Waals surface area contributed by atoms with Gasteiger partial charge in [0.15, 0.2) is 0 Å². The Labute approximate surface area is 112 Å². The number of rotatable bonds is 7. The molecule has 1 aromatic rings. The lowest BCUT2D eigenvalue weighted by Crippen LogP contribution is -2.27. The average Bonchev–Trinajstić information content (AvgIpc) is 2.35. The summed E-state index contributed by atoms with van der Waals surface area (Å²) in [5.74, 6) is 5.70. The molecule has 0 unspecified atom stereocenters. The molecule has 0 saturated heterocycles. The first-order valence-corrected chi connectivity index (χ1v) is 7.66. The lowest BCUT2D eigenvalue weighted by Gasteiger charge is -2.17. The van der Waals surface area contributed by atoms with Crippen LogP contribution in [0, 0.1) is 0 Å². The number of nitrogens with one attached hydrogen (secondary N) is 1. The topological polar surface area (TPSA) is 123 Å². The fourth-order valence-corrected chi connectivity index (χ4v) is 1.78. The summed E-state index contributed by atoms with van der Waals surface area (Å²) in [5.41, 5.74) is 2.31. The van der Waals surface area contributed by atoms with Gasteiger partial charge in [-0.1, -0.05) is 0 Å². The minimum atomic E-state index is -3.05. The minimum Gasteiger partial charge on any atom is -0.464 e. The maximum Gasteiger partial charge on any atom is 0.323 e. The van der Waals surface area contributed by atoms with Crippen molar-refractivity contribution in [2.45, 2.75) is 6.92 Å². The lowest BCUT2D eigenvalue weighted by molar-refractivity contribution is 0.312. The van der Waals surface area contributed by atoms with Crippen LogP contribution in [0.4, 0.5) is 11.9 Å². The molecule has 108 valence electrons. The first-order chi connectivity index (χ1) is 8.85. The van der Waals surface area contributed by atoms with Gasteiger partial charge in [-0.15, -0.1) is 0 Å². The number of hydrogen-bond donors (Lipinski definition) is 2. The summed E-state index contributed by atoms with van der Waals surface area (Å²) in [6, 6.07) is 0.131. The number of hydrazine groups is 1. The third-order valence-electron chi connectivity index (χ3n) is 2.14. The van der Waals surface area contributed by atoms with Gasteiger partial charge in [-0.25, -0.2) is 14.3 Å². The van der Waals surface area contributed by atoms with Gasteiger partial charge in [-0.2, -0.15) is 15.0 Å². The Morgan fingerprint density at radius 3 is 2.58 bits per heavy atom. The smallest absolute Gasteiger partial charge is 0.323 e. The van der Waals surface area contributed by atoms with E-state index in [-0.39, 0.29) is 30.2 Å². The molecule has 0 spiro atoms. The fraction of sp³-hybridized carbons (Fsp3) is 0.667. The van der Waals surface area contributed by atoms with Gasteiger partial charge in [-0.05, 0) is 6.92 Å². The van der Waals surface area contributed by atoms with Gasteiger partial charge in [0, 0.05) is 19.8 Å². The van der Waals surface area contributed by atoms with Crippen LogP contribution < -0.4 is 20.9 Å². The molecule has 0 radical (unpaired) electrons. The molecule has 10 heteroatoms. The Hall–Kier alpha value is -1.68. The zero-order chi connectivity index (χ0) is 14.5. The van der Waals surface area contributed by atoms with Crippen molar-refractivity contribution in [2.24, 2.45) is 5.84 Å². The normalized spacial score (nSPS) is 11.2. The molecule has 3 N–H and O–H groups in total. The van der Waals surface area contributed by atoms with E-state index < -0.39 is 9.84 Å². The summed E-state index contributed by atoms with van der Waals surface area (Å²) in [6.07, 6.45) is 1.17.